The Bertz CT molecular complexity index is 1150. The minimum Gasteiger partial charge on any atom is -0.454 e. The molecule has 0 amide bonds. The summed E-state index contributed by atoms with van der Waals surface area (Å²) in [4.78, 5) is 25.5. The van der Waals surface area contributed by atoms with Crippen LogP contribution in [0.3, 0.4) is 0 Å². The summed E-state index contributed by atoms with van der Waals surface area (Å²) in [6.45, 7) is 0.205. The molecule has 1 unspecified atom stereocenters. The Labute approximate surface area is 186 Å². The van der Waals surface area contributed by atoms with Gasteiger partial charge in [0, 0.05) is 44.6 Å². The summed E-state index contributed by atoms with van der Waals surface area (Å²) >= 11 is 0. The molecule has 0 saturated carbocycles. The highest BCUT2D eigenvalue weighted by Crippen LogP contribution is 2.24. The molecule has 0 bridgehead atoms. The lowest BCUT2D eigenvalue weighted by Gasteiger charge is -2.11. The minimum absolute atomic E-state index is 0.0348. The first-order valence-electron chi connectivity index (χ1n) is 9.55. The zero-order valence-electron chi connectivity index (χ0n) is 17.6. The number of alkyl halides is 2. The molecule has 9 heteroatoms. The zero-order valence-corrected chi connectivity index (χ0v) is 18.4. The van der Waals surface area contributed by atoms with E-state index in [1.807, 2.05) is 0 Å². The monoisotopic (exact) mass is 461 g/mol. The van der Waals surface area contributed by atoms with Gasteiger partial charge in [0.1, 0.15) is 5.75 Å². The molecule has 0 aliphatic rings. The summed E-state index contributed by atoms with van der Waals surface area (Å²) in [6, 6.07) is 13.9. The van der Waals surface area contributed by atoms with E-state index in [4.69, 9.17) is 4.74 Å². The number of carbonyl (C=O) groups excluding carboxylic acids is 2. The number of rotatable bonds is 8. The Morgan fingerprint density at radius 3 is 2.22 bits per heavy atom. The van der Waals surface area contributed by atoms with Crippen molar-refractivity contribution >= 4 is 22.6 Å². The van der Waals surface area contributed by atoms with Crippen LogP contribution < -0.4 is 4.74 Å². The summed E-state index contributed by atoms with van der Waals surface area (Å²) in [5.74, 6) is -0.996. The van der Waals surface area contributed by atoms with E-state index in [1.165, 1.54) is 30.5 Å². The Morgan fingerprint density at radius 1 is 1.03 bits per heavy atom. The number of nitrogens with zero attached hydrogens (tertiary/aromatic N) is 1. The largest absolute Gasteiger partial charge is 0.454 e. The van der Waals surface area contributed by atoms with Gasteiger partial charge in [-0.3, -0.25) is 9.00 Å². The second-order valence-corrected chi connectivity index (χ2v) is 8.35. The highest BCUT2D eigenvalue weighted by Gasteiger charge is 2.19. The smallest absolute Gasteiger partial charge is 0.387 e. The van der Waals surface area contributed by atoms with Crippen LogP contribution in [0.25, 0.3) is 5.69 Å². The van der Waals surface area contributed by atoms with E-state index in [0.717, 1.165) is 5.69 Å². The number of Topliss-reactive ketones (excluding diaryl/α,β-unsaturated/α-hetero) is 1. The van der Waals surface area contributed by atoms with Crippen molar-refractivity contribution in [1.29, 1.82) is 0 Å². The van der Waals surface area contributed by atoms with E-state index in [9.17, 15) is 22.6 Å². The number of aromatic nitrogens is 1. The van der Waals surface area contributed by atoms with Crippen molar-refractivity contribution < 1.29 is 32.1 Å². The van der Waals surface area contributed by atoms with Crippen molar-refractivity contribution in [2.45, 2.75) is 25.4 Å². The molecular formula is C23H21F2NO5S. The third-order valence-corrected chi connectivity index (χ3v) is 5.74. The van der Waals surface area contributed by atoms with Gasteiger partial charge in [-0.25, -0.2) is 4.79 Å². The van der Waals surface area contributed by atoms with Gasteiger partial charge in [-0.15, -0.1) is 0 Å². The molecule has 1 aromatic heterocycles. The molecule has 0 N–H and O–H groups in total. The Kier molecular flexibility index (Phi) is 7.19. The molecule has 0 radical (unpaired) electrons. The summed E-state index contributed by atoms with van der Waals surface area (Å²) in [5.41, 5.74) is 2.69. The van der Waals surface area contributed by atoms with Crippen molar-refractivity contribution in [3.63, 3.8) is 0 Å². The third-order valence-electron chi connectivity index (χ3n) is 4.81. The van der Waals surface area contributed by atoms with Crippen molar-refractivity contribution in [3.8, 4) is 11.4 Å². The molecule has 3 rings (SSSR count). The second kappa shape index (κ2) is 9.86. The maximum absolute atomic E-state index is 12.7. The van der Waals surface area contributed by atoms with Crippen LogP contribution in [0.15, 0.2) is 59.5 Å². The maximum atomic E-state index is 12.7. The van der Waals surface area contributed by atoms with Crippen LogP contribution in [0.2, 0.25) is 0 Å². The van der Waals surface area contributed by atoms with Gasteiger partial charge in [-0.05, 0) is 68.4 Å². The van der Waals surface area contributed by atoms with Gasteiger partial charge in [0.15, 0.2) is 6.61 Å². The average Bonchev–Trinajstić information content (AvgIpc) is 3.06. The number of esters is 1. The standard InChI is InChI=1S/C23H21F2NO5S/c1-14-12-20(15(2)26(14)17-6-8-18(9-7-17)31-23(24)25)21(27)13-30-22(28)16-4-10-19(11-5-16)32(3)29/h4-12,23H,13H2,1-3H3. The minimum atomic E-state index is -2.91. The Balaban J connectivity index is 1.71. The van der Waals surface area contributed by atoms with Crippen molar-refractivity contribution in [3.05, 3.63) is 77.1 Å². The highest BCUT2D eigenvalue weighted by atomic mass is 32.2. The predicted molar refractivity (Wildman–Crippen MR) is 115 cm³/mol. The SMILES string of the molecule is Cc1cc(C(=O)COC(=O)c2ccc(S(C)=O)cc2)c(C)n1-c1ccc(OC(F)F)cc1. The summed E-state index contributed by atoms with van der Waals surface area (Å²) < 4.78 is 47.4. The molecular weight excluding hydrogens is 440 g/mol. The Morgan fingerprint density at radius 2 is 1.66 bits per heavy atom. The van der Waals surface area contributed by atoms with Crippen LogP contribution in [0.1, 0.15) is 32.1 Å². The fourth-order valence-electron chi connectivity index (χ4n) is 3.29. The van der Waals surface area contributed by atoms with Crippen LogP contribution in [-0.4, -0.2) is 40.0 Å². The molecule has 32 heavy (non-hydrogen) atoms. The fraction of sp³-hybridized carbons (Fsp3) is 0.217. The average molecular weight is 461 g/mol. The number of ketones is 1. The van der Waals surface area contributed by atoms with Gasteiger partial charge in [0.2, 0.25) is 5.78 Å². The van der Waals surface area contributed by atoms with Crippen LogP contribution in [-0.2, 0) is 15.5 Å². The number of ether oxygens (including phenoxy) is 2. The molecule has 1 atom stereocenters. The topological polar surface area (TPSA) is 74.6 Å². The van der Waals surface area contributed by atoms with Crippen LogP contribution in [0.5, 0.6) is 5.75 Å². The number of halogens is 2. The van der Waals surface area contributed by atoms with Gasteiger partial charge in [0.25, 0.3) is 0 Å². The zero-order chi connectivity index (χ0) is 23.4. The quantitative estimate of drug-likeness (QED) is 0.366. The number of hydrogen-bond donors (Lipinski definition) is 0. The van der Waals surface area contributed by atoms with Crippen molar-refractivity contribution in [2.24, 2.45) is 0 Å². The molecule has 1 heterocycles. The van der Waals surface area contributed by atoms with Gasteiger partial charge >= 0.3 is 12.6 Å². The molecule has 0 aliphatic heterocycles. The molecule has 0 spiro atoms. The predicted octanol–water partition coefficient (Wildman–Crippen LogP) is 4.47. The first kappa shape index (κ1) is 23.3. The lowest BCUT2D eigenvalue weighted by atomic mass is 10.1. The van der Waals surface area contributed by atoms with Crippen LogP contribution >= 0.6 is 0 Å². The lowest BCUT2D eigenvalue weighted by molar-refractivity contribution is -0.0498. The van der Waals surface area contributed by atoms with E-state index in [-0.39, 0.29) is 17.1 Å². The molecule has 0 aliphatic carbocycles. The van der Waals surface area contributed by atoms with Gasteiger partial charge < -0.3 is 14.0 Å². The van der Waals surface area contributed by atoms with Crippen molar-refractivity contribution in [2.75, 3.05) is 12.9 Å². The van der Waals surface area contributed by atoms with E-state index < -0.39 is 30.0 Å². The maximum Gasteiger partial charge on any atom is 0.387 e. The first-order chi connectivity index (χ1) is 15.2. The van der Waals surface area contributed by atoms with Crippen LogP contribution in [0, 0.1) is 13.8 Å². The number of benzene rings is 2. The molecule has 6 nitrogen and oxygen atoms in total. The third kappa shape index (κ3) is 5.28. The number of carbonyl (C=O) groups is 2. The van der Waals surface area contributed by atoms with Crippen molar-refractivity contribution in [1.82, 2.24) is 4.57 Å². The summed E-state index contributed by atoms with van der Waals surface area (Å²) in [5, 5.41) is 0. The second-order valence-electron chi connectivity index (χ2n) is 6.97. The fourth-order valence-corrected chi connectivity index (χ4v) is 3.81. The van der Waals surface area contributed by atoms with E-state index in [0.29, 0.717) is 21.8 Å². The Hall–Kier alpha value is -3.33. The molecule has 168 valence electrons. The van der Waals surface area contributed by atoms with E-state index >= 15 is 0 Å². The molecule has 0 saturated heterocycles. The summed E-state index contributed by atoms with van der Waals surface area (Å²) in [6.07, 6.45) is 1.54. The first-order valence-corrected chi connectivity index (χ1v) is 11.1. The van der Waals surface area contributed by atoms with E-state index in [2.05, 4.69) is 4.74 Å². The summed E-state index contributed by atoms with van der Waals surface area (Å²) in [7, 11) is -1.16. The van der Waals surface area contributed by atoms with Crippen LogP contribution in [0.4, 0.5) is 8.78 Å². The normalized spacial score (nSPS) is 11.9. The highest BCUT2D eigenvalue weighted by molar-refractivity contribution is 7.84. The van der Waals surface area contributed by atoms with E-state index in [1.54, 1.807) is 48.7 Å². The molecule has 0 fully saturated rings. The number of aryl methyl sites for hydroxylation is 1. The van der Waals surface area contributed by atoms with Gasteiger partial charge in [-0.2, -0.15) is 8.78 Å². The van der Waals surface area contributed by atoms with Gasteiger partial charge in [0.05, 0.1) is 5.56 Å². The molecule has 3 aromatic rings. The number of hydrogen-bond acceptors (Lipinski definition) is 5. The van der Waals surface area contributed by atoms with Gasteiger partial charge in [-0.1, -0.05) is 0 Å². The lowest BCUT2D eigenvalue weighted by Crippen LogP contribution is -2.15. The molecule has 2 aromatic carbocycles.